The van der Waals surface area contributed by atoms with Crippen molar-refractivity contribution in [3.63, 3.8) is 0 Å². The third kappa shape index (κ3) is 5.25. The average molecular weight is 472 g/mol. The number of nitrogens with one attached hydrogen (secondary N) is 1. The number of ether oxygens (including phenoxy) is 1. The summed E-state index contributed by atoms with van der Waals surface area (Å²) in [7, 11) is 5.51. The number of rotatable bonds is 9. The first kappa shape index (κ1) is 24.2. The molecule has 1 N–H and O–H groups in total. The molecule has 3 aromatic carbocycles. The summed E-state index contributed by atoms with van der Waals surface area (Å²) in [5, 5.41) is 2.96. The molecule has 0 fully saturated rings. The lowest BCUT2D eigenvalue weighted by molar-refractivity contribution is 0.0656. The first-order valence-corrected chi connectivity index (χ1v) is 11.5. The van der Waals surface area contributed by atoms with Crippen LogP contribution in [-0.4, -0.2) is 61.8 Å². The Morgan fingerprint density at radius 3 is 2.40 bits per heavy atom. The average Bonchev–Trinajstić information content (AvgIpc) is 3.12. The molecule has 1 unspecified atom stereocenters. The highest BCUT2D eigenvalue weighted by Gasteiger charge is 2.35. The summed E-state index contributed by atoms with van der Waals surface area (Å²) in [6.45, 7) is 0.662. The number of imide groups is 1. The van der Waals surface area contributed by atoms with Crippen molar-refractivity contribution >= 4 is 17.7 Å². The summed E-state index contributed by atoms with van der Waals surface area (Å²) in [5.41, 5.74) is 3.02. The molecule has 0 aliphatic carbocycles. The van der Waals surface area contributed by atoms with Crippen LogP contribution in [0, 0.1) is 0 Å². The topological polar surface area (TPSA) is 79.0 Å². The van der Waals surface area contributed by atoms with Gasteiger partial charge in [-0.25, -0.2) is 0 Å². The molecule has 1 heterocycles. The third-order valence-corrected chi connectivity index (χ3v) is 6.26. The van der Waals surface area contributed by atoms with Gasteiger partial charge in [-0.05, 0) is 62.0 Å². The summed E-state index contributed by atoms with van der Waals surface area (Å²) < 4.78 is 5.32. The van der Waals surface area contributed by atoms with Crippen molar-refractivity contribution in [2.75, 3.05) is 34.3 Å². The zero-order valence-corrected chi connectivity index (χ0v) is 20.2. The van der Waals surface area contributed by atoms with E-state index in [4.69, 9.17) is 4.74 Å². The lowest BCUT2D eigenvalue weighted by Gasteiger charge is -2.25. The zero-order chi connectivity index (χ0) is 24.9. The molecule has 1 aliphatic rings. The van der Waals surface area contributed by atoms with E-state index >= 15 is 0 Å². The summed E-state index contributed by atoms with van der Waals surface area (Å²) in [6.07, 6.45) is 0.579. The van der Waals surface area contributed by atoms with Crippen LogP contribution >= 0.6 is 0 Å². The van der Waals surface area contributed by atoms with Gasteiger partial charge in [0.1, 0.15) is 5.75 Å². The number of hydrogen-bond acceptors (Lipinski definition) is 5. The van der Waals surface area contributed by atoms with Crippen LogP contribution in [0.15, 0.2) is 72.8 Å². The molecule has 0 radical (unpaired) electrons. The van der Waals surface area contributed by atoms with Crippen molar-refractivity contribution < 1.29 is 19.1 Å². The van der Waals surface area contributed by atoms with E-state index in [0.717, 1.165) is 16.9 Å². The van der Waals surface area contributed by atoms with Crippen LogP contribution in [0.3, 0.4) is 0 Å². The second-order valence-electron chi connectivity index (χ2n) is 8.72. The fourth-order valence-electron chi connectivity index (χ4n) is 4.26. The highest BCUT2D eigenvalue weighted by atomic mass is 16.5. The molecule has 7 nitrogen and oxygen atoms in total. The maximum Gasteiger partial charge on any atom is 0.261 e. The number of likely N-dealkylation sites (N-methyl/N-ethyl adjacent to an activating group) is 1. The smallest absolute Gasteiger partial charge is 0.261 e. The summed E-state index contributed by atoms with van der Waals surface area (Å²) in [4.78, 5) is 42.0. The maximum absolute atomic E-state index is 13.0. The van der Waals surface area contributed by atoms with Crippen LogP contribution in [0.25, 0.3) is 0 Å². The molecule has 0 saturated carbocycles. The summed E-state index contributed by atoms with van der Waals surface area (Å²) in [5.74, 6) is -0.235. The highest BCUT2D eigenvalue weighted by molar-refractivity contribution is 6.22. The molecule has 1 atom stereocenters. The molecule has 35 heavy (non-hydrogen) atoms. The lowest BCUT2D eigenvalue weighted by atomic mass is 10.0. The molecule has 7 heteroatoms. The van der Waals surface area contributed by atoms with Gasteiger partial charge in [0.05, 0.1) is 24.3 Å². The molecule has 1 aliphatic heterocycles. The van der Waals surface area contributed by atoms with E-state index in [0.29, 0.717) is 30.6 Å². The normalized spacial score (nSPS) is 13.7. The number of hydrogen-bond donors (Lipinski definition) is 1. The molecule has 4 rings (SSSR count). The maximum atomic E-state index is 13.0. The van der Waals surface area contributed by atoms with Gasteiger partial charge in [0.25, 0.3) is 17.7 Å². The number of fused-ring (bicyclic) bond motifs is 1. The van der Waals surface area contributed by atoms with Crippen molar-refractivity contribution in [2.45, 2.75) is 12.5 Å². The van der Waals surface area contributed by atoms with Gasteiger partial charge in [0.2, 0.25) is 0 Å². The van der Waals surface area contributed by atoms with E-state index in [9.17, 15) is 14.4 Å². The molecule has 0 spiro atoms. The Balaban J connectivity index is 1.44. The zero-order valence-electron chi connectivity index (χ0n) is 20.2. The Morgan fingerprint density at radius 1 is 0.943 bits per heavy atom. The molecule has 180 valence electrons. The minimum atomic E-state index is -0.363. The minimum absolute atomic E-state index is 0.0693. The van der Waals surface area contributed by atoms with Crippen LogP contribution in [0.5, 0.6) is 5.75 Å². The quantitative estimate of drug-likeness (QED) is 0.483. The van der Waals surface area contributed by atoms with Crippen LogP contribution in [0.4, 0.5) is 0 Å². The second-order valence-corrected chi connectivity index (χ2v) is 8.72. The first-order valence-electron chi connectivity index (χ1n) is 11.5. The molecule has 3 amide bonds. The summed E-state index contributed by atoms with van der Waals surface area (Å²) >= 11 is 0. The van der Waals surface area contributed by atoms with Crippen LogP contribution in [0.2, 0.25) is 0 Å². The van der Waals surface area contributed by atoms with Gasteiger partial charge < -0.3 is 15.0 Å². The minimum Gasteiger partial charge on any atom is -0.497 e. The Kier molecular flexibility index (Phi) is 7.27. The molecule has 0 saturated heterocycles. The van der Waals surface area contributed by atoms with Gasteiger partial charge in [-0.1, -0.05) is 42.5 Å². The number of nitrogens with zero attached hydrogens (tertiary/aromatic N) is 2. The lowest BCUT2D eigenvalue weighted by Crippen LogP contribution is -2.34. The van der Waals surface area contributed by atoms with E-state index in [1.807, 2.05) is 73.6 Å². The Labute approximate surface area is 205 Å². The van der Waals surface area contributed by atoms with Crippen molar-refractivity contribution in [2.24, 2.45) is 0 Å². The number of carbonyl (C=O) groups is 3. The predicted molar refractivity (Wildman–Crippen MR) is 134 cm³/mol. The number of methoxy groups -OCH3 is 1. The fourth-order valence-corrected chi connectivity index (χ4v) is 4.26. The second kappa shape index (κ2) is 10.5. The van der Waals surface area contributed by atoms with Crippen molar-refractivity contribution in [3.05, 3.63) is 101 Å². The number of amides is 3. The SMILES string of the molecule is COc1cccc(C(CNC(=O)c2ccc3c(c2)C(=O)N(CCc2ccccc2)C3=O)N(C)C)c1. The third-order valence-electron chi connectivity index (χ3n) is 6.26. The molecule has 3 aromatic rings. The number of benzene rings is 3. The van der Waals surface area contributed by atoms with Gasteiger partial charge in [0, 0.05) is 18.7 Å². The Bertz CT molecular complexity index is 1240. The van der Waals surface area contributed by atoms with E-state index in [-0.39, 0.29) is 29.3 Å². The summed E-state index contributed by atoms with van der Waals surface area (Å²) in [6, 6.07) is 22.0. The fraction of sp³-hybridized carbons (Fsp3) is 0.250. The van der Waals surface area contributed by atoms with Crippen molar-refractivity contribution in [1.29, 1.82) is 0 Å². The van der Waals surface area contributed by atoms with Crippen molar-refractivity contribution in [3.8, 4) is 5.75 Å². The molecular weight excluding hydrogens is 442 g/mol. The van der Waals surface area contributed by atoms with Gasteiger partial charge in [-0.2, -0.15) is 0 Å². The first-order chi connectivity index (χ1) is 16.9. The molecule has 0 bridgehead atoms. The van der Waals surface area contributed by atoms with Crippen LogP contribution in [-0.2, 0) is 6.42 Å². The van der Waals surface area contributed by atoms with Gasteiger partial charge in [-0.3, -0.25) is 19.3 Å². The van der Waals surface area contributed by atoms with E-state index < -0.39 is 0 Å². The molecule has 0 aromatic heterocycles. The van der Waals surface area contributed by atoms with Crippen molar-refractivity contribution in [1.82, 2.24) is 15.1 Å². The highest BCUT2D eigenvalue weighted by Crippen LogP contribution is 2.25. The standard InChI is InChI=1S/C28H29N3O4/c1-30(2)25(20-10-7-11-22(16-20)35-3)18-29-26(32)21-12-13-23-24(17-21)28(34)31(27(23)33)15-14-19-8-5-4-6-9-19/h4-13,16-17,25H,14-15,18H2,1-3H3,(H,29,32). The monoisotopic (exact) mass is 471 g/mol. The van der Waals surface area contributed by atoms with E-state index in [1.54, 1.807) is 19.2 Å². The van der Waals surface area contributed by atoms with Gasteiger partial charge in [-0.15, -0.1) is 0 Å². The largest absolute Gasteiger partial charge is 0.497 e. The van der Waals surface area contributed by atoms with E-state index in [2.05, 4.69) is 5.32 Å². The Morgan fingerprint density at radius 2 is 1.69 bits per heavy atom. The van der Waals surface area contributed by atoms with Gasteiger partial charge >= 0.3 is 0 Å². The van der Waals surface area contributed by atoms with Crippen LogP contribution < -0.4 is 10.1 Å². The van der Waals surface area contributed by atoms with Crippen LogP contribution in [0.1, 0.15) is 48.2 Å². The Hall–Kier alpha value is -3.97. The van der Waals surface area contributed by atoms with E-state index in [1.165, 1.54) is 11.0 Å². The predicted octanol–water partition coefficient (Wildman–Crippen LogP) is 3.57. The molecular formula is C28H29N3O4. The van der Waals surface area contributed by atoms with Gasteiger partial charge in [0.15, 0.2) is 0 Å². The number of carbonyl (C=O) groups excluding carboxylic acids is 3.